The molecule has 0 aromatic heterocycles. The highest BCUT2D eigenvalue weighted by molar-refractivity contribution is 5.90. The summed E-state index contributed by atoms with van der Waals surface area (Å²) in [5.41, 5.74) is 7.00. The fourth-order valence-corrected chi connectivity index (χ4v) is 2.78. The van der Waals surface area contributed by atoms with Gasteiger partial charge >= 0.3 is 0 Å². The molecule has 1 saturated carbocycles. The first-order chi connectivity index (χ1) is 11.1. The Kier molecular flexibility index (Phi) is 4.10. The van der Waals surface area contributed by atoms with E-state index in [1.54, 1.807) is 36.4 Å². The van der Waals surface area contributed by atoms with Gasteiger partial charge in [-0.15, -0.1) is 0 Å². The van der Waals surface area contributed by atoms with Crippen molar-refractivity contribution in [2.75, 3.05) is 0 Å². The van der Waals surface area contributed by atoms with Crippen LogP contribution in [0.4, 0.5) is 4.39 Å². The van der Waals surface area contributed by atoms with Gasteiger partial charge in [0, 0.05) is 5.92 Å². The Morgan fingerprint density at radius 2 is 1.74 bits per heavy atom. The minimum Gasteiger partial charge on any atom is -0.368 e. The van der Waals surface area contributed by atoms with Gasteiger partial charge in [0.2, 0.25) is 11.8 Å². The van der Waals surface area contributed by atoms with Crippen LogP contribution in [-0.4, -0.2) is 11.8 Å². The van der Waals surface area contributed by atoms with Crippen molar-refractivity contribution >= 4 is 11.8 Å². The number of benzene rings is 2. The van der Waals surface area contributed by atoms with Crippen LogP contribution in [0.2, 0.25) is 0 Å². The molecule has 0 bridgehead atoms. The largest absolute Gasteiger partial charge is 0.368 e. The molecule has 3 unspecified atom stereocenters. The molecule has 1 fully saturated rings. The summed E-state index contributed by atoms with van der Waals surface area (Å²) in [4.78, 5) is 24.0. The average Bonchev–Trinajstić information content (AvgIpc) is 3.34. The lowest BCUT2D eigenvalue weighted by Gasteiger charge is -2.16. The van der Waals surface area contributed by atoms with Crippen LogP contribution >= 0.6 is 0 Å². The van der Waals surface area contributed by atoms with E-state index in [1.165, 1.54) is 12.1 Å². The molecular weight excluding hydrogens is 295 g/mol. The summed E-state index contributed by atoms with van der Waals surface area (Å²) in [7, 11) is 0. The Morgan fingerprint density at radius 1 is 1.09 bits per heavy atom. The molecule has 0 spiro atoms. The first kappa shape index (κ1) is 15.2. The minimum absolute atomic E-state index is 0.0694. The summed E-state index contributed by atoms with van der Waals surface area (Å²) >= 11 is 0. The van der Waals surface area contributed by atoms with Gasteiger partial charge in [-0.05, 0) is 35.6 Å². The Balaban J connectivity index is 1.67. The zero-order valence-electron chi connectivity index (χ0n) is 12.4. The van der Waals surface area contributed by atoms with Crippen LogP contribution in [0.3, 0.4) is 0 Å². The number of carbonyl (C=O) groups excluding carboxylic acids is 2. The summed E-state index contributed by atoms with van der Waals surface area (Å²) in [6.45, 7) is 0. The number of hydrogen-bond acceptors (Lipinski definition) is 2. The second kappa shape index (κ2) is 6.20. The third kappa shape index (κ3) is 3.39. The zero-order chi connectivity index (χ0) is 16.4. The fourth-order valence-electron chi connectivity index (χ4n) is 2.78. The Bertz CT molecular complexity index is 716. The molecule has 1 aliphatic rings. The van der Waals surface area contributed by atoms with Crippen LogP contribution in [0.1, 0.15) is 29.5 Å². The van der Waals surface area contributed by atoms with Gasteiger partial charge in [-0.1, -0.05) is 42.5 Å². The molecule has 0 aliphatic heterocycles. The van der Waals surface area contributed by atoms with Crippen LogP contribution in [0, 0.1) is 11.7 Å². The van der Waals surface area contributed by atoms with Crippen LogP contribution in [0.15, 0.2) is 54.6 Å². The number of hydrogen-bond donors (Lipinski definition) is 2. The van der Waals surface area contributed by atoms with Gasteiger partial charge in [-0.25, -0.2) is 4.39 Å². The molecule has 3 atom stereocenters. The lowest BCUT2D eigenvalue weighted by molar-refractivity contribution is -0.128. The van der Waals surface area contributed by atoms with E-state index < -0.39 is 11.9 Å². The molecule has 23 heavy (non-hydrogen) atoms. The number of rotatable bonds is 5. The van der Waals surface area contributed by atoms with E-state index in [2.05, 4.69) is 5.32 Å². The maximum Gasteiger partial charge on any atom is 0.244 e. The SMILES string of the molecule is NC(=O)C(NC(=O)C1CC1c1ccc(F)cc1)c1ccccc1. The summed E-state index contributed by atoms with van der Waals surface area (Å²) < 4.78 is 12.9. The van der Waals surface area contributed by atoms with E-state index >= 15 is 0 Å². The standard InChI is InChI=1S/C18H17FN2O2/c19-13-8-6-11(7-9-13)14-10-15(14)18(23)21-16(17(20)22)12-4-2-1-3-5-12/h1-9,14-16H,10H2,(H2,20,22)(H,21,23). The molecule has 5 heteroatoms. The predicted octanol–water partition coefficient (Wildman–Crippen LogP) is 2.27. The highest BCUT2D eigenvalue weighted by atomic mass is 19.1. The molecule has 3 N–H and O–H groups in total. The summed E-state index contributed by atoms with van der Waals surface area (Å²) in [6, 6.07) is 14.2. The first-order valence-electron chi connectivity index (χ1n) is 7.46. The quantitative estimate of drug-likeness (QED) is 0.889. The normalized spacial score (nSPS) is 20.6. The van der Waals surface area contributed by atoms with E-state index in [0.717, 1.165) is 5.56 Å². The monoisotopic (exact) mass is 312 g/mol. The zero-order valence-corrected chi connectivity index (χ0v) is 12.4. The van der Waals surface area contributed by atoms with Crippen molar-refractivity contribution in [1.82, 2.24) is 5.32 Å². The van der Waals surface area contributed by atoms with Crippen molar-refractivity contribution in [2.45, 2.75) is 18.4 Å². The van der Waals surface area contributed by atoms with Crippen molar-refractivity contribution in [3.63, 3.8) is 0 Å². The number of primary amides is 1. The highest BCUT2D eigenvalue weighted by Gasteiger charge is 2.44. The molecule has 2 amide bonds. The summed E-state index contributed by atoms with van der Waals surface area (Å²) in [6.07, 6.45) is 0.692. The number of nitrogens with one attached hydrogen (secondary N) is 1. The Hall–Kier alpha value is -2.69. The molecule has 2 aromatic carbocycles. The molecule has 3 rings (SSSR count). The third-order valence-corrected chi connectivity index (χ3v) is 4.13. The topological polar surface area (TPSA) is 72.2 Å². The van der Waals surface area contributed by atoms with Gasteiger partial charge in [-0.3, -0.25) is 9.59 Å². The molecule has 1 aliphatic carbocycles. The van der Waals surface area contributed by atoms with Crippen LogP contribution in [-0.2, 0) is 9.59 Å². The van der Waals surface area contributed by atoms with Crippen molar-refractivity contribution in [3.8, 4) is 0 Å². The molecule has 2 aromatic rings. The fraction of sp³-hybridized carbons (Fsp3) is 0.222. The van der Waals surface area contributed by atoms with Gasteiger partial charge in [0.1, 0.15) is 11.9 Å². The second-order valence-corrected chi connectivity index (χ2v) is 5.75. The van der Waals surface area contributed by atoms with Crippen molar-refractivity contribution in [2.24, 2.45) is 11.7 Å². The van der Waals surface area contributed by atoms with Gasteiger partial charge in [0.05, 0.1) is 0 Å². The van der Waals surface area contributed by atoms with Gasteiger partial charge in [0.15, 0.2) is 0 Å². The van der Waals surface area contributed by atoms with E-state index in [0.29, 0.717) is 12.0 Å². The third-order valence-electron chi connectivity index (χ3n) is 4.13. The van der Waals surface area contributed by atoms with Crippen molar-refractivity contribution in [3.05, 3.63) is 71.5 Å². The Labute approximate surface area is 133 Å². The molecule has 0 saturated heterocycles. The number of halogens is 1. The maximum absolute atomic E-state index is 12.9. The minimum atomic E-state index is -0.835. The van der Waals surface area contributed by atoms with E-state index in [9.17, 15) is 14.0 Å². The number of carbonyl (C=O) groups is 2. The van der Waals surface area contributed by atoms with Gasteiger partial charge in [0.25, 0.3) is 0 Å². The van der Waals surface area contributed by atoms with Crippen molar-refractivity contribution in [1.29, 1.82) is 0 Å². The van der Waals surface area contributed by atoms with Crippen LogP contribution in [0.5, 0.6) is 0 Å². The average molecular weight is 312 g/mol. The summed E-state index contributed by atoms with van der Waals surface area (Å²) in [5.74, 6) is -1.23. The highest BCUT2D eigenvalue weighted by Crippen LogP contribution is 2.47. The van der Waals surface area contributed by atoms with Crippen LogP contribution in [0.25, 0.3) is 0 Å². The van der Waals surface area contributed by atoms with Crippen molar-refractivity contribution < 1.29 is 14.0 Å². The van der Waals surface area contributed by atoms with Gasteiger partial charge < -0.3 is 11.1 Å². The number of amides is 2. The summed E-state index contributed by atoms with van der Waals surface area (Å²) in [5, 5.41) is 2.72. The molecular formula is C18H17FN2O2. The molecule has 4 nitrogen and oxygen atoms in total. The molecule has 118 valence electrons. The predicted molar refractivity (Wildman–Crippen MR) is 83.8 cm³/mol. The maximum atomic E-state index is 12.9. The molecule has 0 radical (unpaired) electrons. The van der Waals surface area contributed by atoms with Crippen LogP contribution < -0.4 is 11.1 Å². The van der Waals surface area contributed by atoms with E-state index in [-0.39, 0.29) is 23.6 Å². The van der Waals surface area contributed by atoms with Gasteiger partial charge in [-0.2, -0.15) is 0 Å². The van der Waals surface area contributed by atoms with E-state index in [1.807, 2.05) is 6.07 Å². The number of nitrogens with two attached hydrogens (primary N) is 1. The second-order valence-electron chi connectivity index (χ2n) is 5.75. The lowest BCUT2D eigenvalue weighted by atomic mass is 10.1. The first-order valence-corrected chi connectivity index (χ1v) is 7.46. The molecule has 0 heterocycles. The smallest absolute Gasteiger partial charge is 0.244 e. The van der Waals surface area contributed by atoms with E-state index in [4.69, 9.17) is 5.73 Å². The lowest BCUT2D eigenvalue weighted by Crippen LogP contribution is -2.38. The Morgan fingerprint density at radius 3 is 2.35 bits per heavy atom.